The number of esters is 1. The molecule has 2 N–H and O–H groups in total. The Hall–Kier alpha value is -2.87. The third-order valence-corrected chi connectivity index (χ3v) is 4.00. The number of hydrogen-bond donors (Lipinski definition) is 2. The first-order valence-electron chi connectivity index (χ1n) is 7.80. The van der Waals surface area contributed by atoms with E-state index in [4.69, 9.17) is 21.4 Å². The van der Waals surface area contributed by atoms with Gasteiger partial charge >= 0.3 is 5.97 Å². The van der Waals surface area contributed by atoms with Gasteiger partial charge < -0.3 is 14.6 Å². The van der Waals surface area contributed by atoms with Crippen molar-refractivity contribution in [3.05, 3.63) is 58.3 Å². The summed E-state index contributed by atoms with van der Waals surface area (Å²) in [4.78, 5) is 11.5. The molecule has 0 atom stereocenters. The highest BCUT2D eigenvalue weighted by Gasteiger charge is 2.09. The molecule has 2 heterocycles. The Balaban J connectivity index is 1.71. The lowest BCUT2D eigenvalue weighted by Gasteiger charge is -2.07. The van der Waals surface area contributed by atoms with Crippen LogP contribution < -0.4 is 5.43 Å². The Morgan fingerprint density at radius 1 is 1.32 bits per heavy atom. The lowest BCUT2D eigenvalue weighted by Crippen LogP contribution is -2.16. The van der Waals surface area contributed by atoms with E-state index in [1.54, 1.807) is 16.8 Å². The van der Waals surface area contributed by atoms with Crippen LogP contribution in [0.15, 0.2) is 40.8 Å². The Labute approximate surface area is 149 Å². The van der Waals surface area contributed by atoms with E-state index in [1.165, 1.54) is 7.11 Å². The number of aromatic nitrogens is 3. The molecule has 0 aliphatic carbocycles. The van der Waals surface area contributed by atoms with Gasteiger partial charge in [0.15, 0.2) is 5.82 Å². The number of ether oxygens (including phenoxy) is 1. The van der Waals surface area contributed by atoms with Crippen molar-refractivity contribution in [3.8, 4) is 11.3 Å². The maximum Gasteiger partial charge on any atom is 0.337 e. The van der Waals surface area contributed by atoms with Gasteiger partial charge in [-0.25, -0.2) is 9.47 Å². The van der Waals surface area contributed by atoms with E-state index in [1.807, 2.05) is 31.2 Å². The average molecular weight is 358 g/mol. The predicted octanol–water partition coefficient (Wildman–Crippen LogP) is 3.29. The van der Waals surface area contributed by atoms with Crippen LogP contribution >= 0.6 is 12.2 Å². The maximum atomic E-state index is 11.5. The number of methoxy groups -OCH3 is 1. The van der Waals surface area contributed by atoms with Gasteiger partial charge in [0.25, 0.3) is 0 Å². The molecule has 0 bridgehead atoms. The fraction of sp³-hybridized carbons (Fsp3) is 0.235. The fourth-order valence-corrected chi connectivity index (χ4v) is 2.62. The van der Waals surface area contributed by atoms with E-state index in [0.29, 0.717) is 16.9 Å². The molecule has 0 aliphatic rings. The standard InChI is InChI=1S/C17H18N4O3S/c1-3-15-19-20-17(25)21(15)18-10-13-8-9-14(24-13)11-4-6-12(7-5-11)16(22)23-2/h4-9,18H,3,10H2,1-2H3,(H,20,25). The molecule has 3 aromatic rings. The molecular weight excluding hydrogens is 340 g/mol. The van der Waals surface area contributed by atoms with E-state index in [9.17, 15) is 4.79 Å². The maximum absolute atomic E-state index is 11.5. The van der Waals surface area contributed by atoms with Crippen molar-refractivity contribution in [2.24, 2.45) is 0 Å². The van der Waals surface area contributed by atoms with Crippen molar-refractivity contribution < 1.29 is 13.9 Å². The summed E-state index contributed by atoms with van der Waals surface area (Å²) in [5.74, 6) is 1.95. The molecule has 0 spiro atoms. The number of furan rings is 1. The average Bonchev–Trinajstić information content (AvgIpc) is 3.26. The molecule has 0 aliphatic heterocycles. The second-order valence-electron chi connectivity index (χ2n) is 5.30. The lowest BCUT2D eigenvalue weighted by atomic mass is 10.1. The van der Waals surface area contributed by atoms with Gasteiger partial charge in [-0.1, -0.05) is 19.1 Å². The van der Waals surface area contributed by atoms with E-state index >= 15 is 0 Å². The highest BCUT2D eigenvalue weighted by atomic mass is 32.1. The Morgan fingerprint density at radius 3 is 2.76 bits per heavy atom. The molecule has 1 aromatic carbocycles. The van der Waals surface area contributed by atoms with Crippen molar-refractivity contribution in [3.63, 3.8) is 0 Å². The quantitative estimate of drug-likeness (QED) is 0.519. The summed E-state index contributed by atoms with van der Waals surface area (Å²) in [6, 6.07) is 10.8. The second kappa shape index (κ2) is 7.35. The summed E-state index contributed by atoms with van der Waals surface area (Å²) in [5, 5.41) is 6.90. The van der Waals surface area contributed by atoms with E-state index in [-0.39, 0.29) is 5.97 Å². The van der Waals surface area contributed by atoms with E-state index < -0.39 is 0 Å². The summed E-state index contributed by atoms with van der Waals surface area (Å²) >= 11 is 5.19. The van der Waals surface area contributed by atoms with Crippen molar-refractivity contribution in [1.29, 1.82) is 0 Å². The van der Waals surface area contributed by atoms with Gasteiger partial charge in [-0.2, -0.15) is 5.10 Å². The topological polar surface area (TPSA) is 85.1 Å². The minimum atomic E-state index is -0.362. The van der Waals surface area contributed by atoms with Crippen molar-refractivity contribution in [1.82, 2.24) is 14.9 Å². The summed E-state index contributed by atoms with van der Waals surface area (Å²) < 4.78 is 12.8. The largest absolute Gasteiger partial charge is 0.465 e. The zero-order chi connectivity index (χ0) is 17.8. The minimum Gasteiger partial charge on any atom is -0.465 e. The summed E-state index contributed by atoms with van der Waals surface area (Å²) in [6.07, 6.45) is 0.760. The zero-order valence-corrected chi connectivity index (χ0v) is 14.7. The number of aryl methyl sites for hydroxylation is 1. The number of nitrogens with zero attached hydrogens (tertiary/aromatic N) is 2. The van der Waals surface area contributed by atoms with E-state index in [0.717, 1.165) is 29.3 Å². The summed E-state index contributed by atoms with van der Waals surface area (Å²) in [7, 11) is 1.36. The first kappa shape index (κ1) is 17.0. The monoisotopic (exact) mass is 358 g/mol. The van der Waals surface area contributed by atoms with Crippen molar-refractivity contribution in [2.45, 2.75) is 19.9 Å². The lowest BCUT2D eigenvalue weighted by molar-refractivity contribution is 0.0600. The summed E-state index contributed by atoms with van der Waals surface area (Å²) in [5.41, 5.74) is 4.57. The van der Waals surface area contributed by atoms with Crippen LogP contribution in [0.1, 0.15) is 28.9 Å². The number of H-pyrrole nitrogens is 1. The molecule has 0 amide bonds. The molecule has 3 rings (SSSR count). The minimum absolute atomic E-state index is 0.362. The number of hydrogen-bond acceptors (Lipinski definition) is 6. The van der Waals surface area contributed by atoms with Crippen LogP contribution in [0, 0.1) is 4.77 Å². The molecule has 0 saturated heterocycles. The molecule has 25 heavy (non-hydrogen) atoms. The number of rotatable bonds is 6. The van der Waals surface area contributed by atoms with Gasteiger partial charge in [0.05, 0.1) is 19.2 Å². The summed E-state index contributed by atoms with van der Waals surface area (Å²) in [6.45, 7) is 2.48. The number of benzene rings is 1. The second-order valence-corrected chi connectivity index (χ2v) is 5.69. The van der Waals surface area contributed by atoms with Crippen LogP contribution in [0.3, 0.4) is 0 Å². The van der Waals surface area contributed by atoms with Crippen LogP contribution in [0.5, 0.6) is 0 Å². The van der Waals surface area contributed by atoms with Gasteiger partial charge in [-0.05, 0) is 36.5 Å². The van der Waals surface area contributed by atoms with Gasteiger partial charge in [0, 0.05) is 12.0 Å². The first-order valence-corrected chi connectivity index (χ1v) is 8.20. The van der Waals surface area contributed by atoms with Crippen LogP contribution in [-0.2, 0) is 17.7 Å². The molecule has 2 aromatic heterocycles. The molecule has 0 unspecified atom stereocenters. The molecule has 8 heteroatoms. The molecular formula is C17H18N4O3S. The molecule has 0 radical (unpaired) electrons. The number of carbonyl (C=O) groups excluding carboxylic acids is 1. The number of nitrogens with one attached hydrogen (secondary N) is 2. The predicted molar refractivity (Wildman–Crippen MR) is 95.3 cm³/mol. The van der Waals surface area contributed by atoms with Crippen LogP contribution in [0.2, 0.25) is 0 Å². The highest BCUT2D eigenvalue weighted by molar-refractivity contribution is 7.71. The van der Waals surface area contributed by atoms with Gasteiger partial charge in [-0.15, -0.1) is 0 Å². The Morgan fingerprint density at radius 2 is 2.08 bits per heavy atom. The van der Waals surface area contributed by atoms with Crippen LogP contribution in [0.4, 0.5) is 0 Å². The normalized spacial score (nSPS) is 10.6. The molecule has 7 nitrogen and oxygen atoms in total. The van der Waals surface area contributed by atoms with Crippen LogP contribution in [0.25, 0.3) is 11.3 Å². The van der Waals surface area contributed by atoms with Gasteiger partial charge in [0.2, 0.25) is 4.77 Å². The van der Waals surface area contributed by atoms with Gasteiger partial charge in [0.1, 0.15) is 11.5 Å². The van der Waals surface area contributed by atoms with Crippen molar-refractivity contribution >= 4 is 18.2 Å². The number of aromatic amines is 1. The zero-order valence-electron chi connectivity index (χ0n) is 13.9. The number of carbonyl (C=O) groups is 1. The third kappa shape index (κ3) is 3.63. The van der Waals surface area contributed by atoms with Crippen molar-refractivity contribution in [2.75, 3.05) is 12.5 Å². The van der Waals surface area contributed by atoms with Crippen LogP contribution in [-0.4, -0.2) is 28.0 Å². The Kier molecular flexibility index (Phi) is 4.99. The first-order chi connectivity index (χ1) is 12.1. The fourth-order valence-electron chi connectivity index (χ4n) is 2.40. The SMILES string of the molecule is CCc1n[nH]c(=S)n1NCc1ccc(-c2ccc(C(=O)OC)cc2)o1. The molecule has 130 valence electrons. The van der Waals surface area contributed by atoms with E-state index in [2.05, 4.69) is 15.6 Å². The molecule has 0 saturated carbocycles. The smallest absolute Gasteiger partial charge is 0.337 e. The highest BCUT2D eigenvalue weighted by Crippen LogP contribution is 2.23. The third-order valence-electron chi connectivity index (χ3n) is 3.72. The molecule has 0 fully saturated rings. The Bertz CT molecular complexity index is 924. The van der Waals surface area contributed by atoms with Gasteiger partial charge in [-0.3, -0.25) is 5.10 Å².